The molecule has 0 spiro atoms. The van der Waals surface area contributed by atoms with Crippen LogP contribution >= 0.6 is 23.2 Å². The fourth-order valence-corrected chi connectivity index (χ4v) is 7.66. The second-order valence-electron chi connectivity index (χ2n) is 12.7. The normalized spacial score (nSPS) is 27.6. The Morgan fingerprint density at radius 3 is 2.60 bits per heavy atom. The number of carbonyl (C=O) groups is 2. The Balaban J connectivity index is 1.13. The number of carbonyl (C=O) groups excluding carboxylic acids is 2. The van der Waals surface area contributed by atoms with E-state index in [0.29, 0.717) is 65.7 Å². The predicted molar refractivity (Wildman–Crippen MR) is 161 cm³/mol. The van der Waals surface area contributed by atoms with Gasteiger partial charge in [-0.25, -0.2) is 9.07 Å². The lowest BCUT2D eigenvalue weighted by molar-refractivity contribution is -0.164. The molecule has 2 unspecified atom stereocenters. The first-order chi connectivity index (χ1) is 20.4. The third-order valence-corrected chi connectivity index (χ3v) is 10.3. The number of esters is 1. The van der Waals surface area contributed by atoms with Gasteiger partial charge in [0, 0.05) is 30.3 Å². The van der Waals surface area contributed by atoms with Crippen molar-refractivity contribution in [3.63, 3.8) is 0 Å². The van der Waals surface area contributed by atoms with Crippen LogP contribution in [0.5, 0.6) is 0 Å². The monoisotopic (exact) mass is 628 g/mol. The zero-order valence-electron chi connectivity index (χ0n) is 24.7. The molecule has 8 nitrogen and oxygen atoms in total. The minimum Gasteiger partial charge on any atom is -0.465 e. The molecule has 4 fully saturated rings. The van der Waals surface area contributed by atoms with E-state index in [4.69, 9.17) is 32.7 Å². The molecule has 3 aliphatic heterocycles. The van der Waals surface area contributed by atoms with Crippen molar-refractivity contribution in [3.05, 3.63) is 69.7 Å². The van der Waals surface area contributed by atoms with Gasteiger partial charge in [0.15, 0.2) is 0 Å². The zero-order valence-corrected chi connectivity index (χ0v) is 26.2. The summed E-state index contributed by atoms with van der Waals surface area (Å²) in [7, 11) is 0. The molecule has 1 aromatic heterocycles. The Morgan fingerprint density at radius 1 is 1.14 bits per heavy atom. The van der Waals surface area contributed by atoms with Gasteiger partial charge in [-0.1, -0.05) is 34.5 Å². The van der Waals surface area contributed by atoms with Crippen LogP contribution in [0.3, 0.4) is 0 Å². The number of halogens is 3. The van der Waals surface area contributed by atoms with E-state index in [1.807, 2.05) is 43.5 Å². The summed E-state index contributed by atoms with van der Waals surface area (Å²) in [5.41, 5.74) is 0.687. The van der Waals surface area contributed by atoms with Gasteiger partial charge in [0.1, 0.15) is 11.2 Å². The highest BCUT2D eigenvalue weighted by atomic mass is 35.5. The summed E-state index contributed by atoms with van der Waals surface area (Å²) in [5.74, 6) is -0.653. The molecule has 1 saturated carbocycles. The number of piperidine rings is 1. The number of hydrogen-bond acceptors (Lipinski definition) is 6. The van der Waals surface area contributed by atoms with Gasteiger partial charge in [-0.2, -0.15) is 0 Å². The van der Waals surface area contributed by atoms with Crippen LogP contribution in [0.2, 0.25) is 10.0 Å². The maximum atomic E-state index is 14.3. The van der Waals surface area contributed by atoms with Gasteiger partial charge in [-0.05, 0) is 94.8 Å². The molecule has 11 heteroatoms. The van der Waals surface area contributed by atoms with Crippen LogP contribution in [0.25, 0.3) is 11.1 Å². The number of benzene rings is 2. The Labute approximate surface area is 260 Å². The van der Waals surface area contributed by atoms with Crippen molar-refractivity contribution in [2.75, 3.05) is 13.2 Å². The van der Waals surface area contributed by atoms with Crippen molar-refractivity contribution >= 4 is 35.1 Å². The minimum absolute atomic E-state index is 0.0718. The second kappa shape index (κ2) is 10.9. The summed E-state index contributed by atoms with van der Waals surface area (Å²) in [6.45, 7) is 9.15. The number of ether oxygens (including phenoxy) is 2. The summed E-state index contributed by atoms with van der Waals surface area (Å²) in [6, 6.07) is 9.14. The molecule has 43 heavy (non-hydrogen) atoms. The van der Waals surface area contributed by atoms with Gasteiger partial charge in [-0.3, -0.25) is 9.59 Å². The molecule has 4 aliphatic rings. The maximum absolute atomic E-state index is 14.3. The molecule has 4 heterocycles. The van der Waals surface area contributed by atoms with E-state index >= 15 is 0 Å². The molecular weight excluding hydrogens is 594 g/mol. The summed E-state index contributed by atoms with van der Waals surface area (Å²) >= 11 is 12.3. The molecule has 3 aromatic rings. The van der Waals surface area contributed by atoms with Crippen molar-refractivity contribution in [2.45, 2.75) is 83.1 Å². The number of rotatable bonds is 7. The first-order valence-corrected chi connectivity index (χ1v) is 15.5. The smallest absolute Gasteiger partial charge is 0.315 e. The Bertz CT molecular complexity index is 1580. The second-order valence-corrected chi connectivity index (χ2v) is 13.5. The average molecular weight is 630 g/mol. The van der Waals surface area contributed by atoms with E-state index < -0.39 is 22.4 Å². The van der Waals surface area contributed by atoms with Crippen molar-refractivity contribution in [1.82, 2.24) is 19.9 Å². The van der Waals surface area contributed by atoms with E-state index in [-0.39, 0.29) is 23.8 Å². The van der Waals surface area contributed by atoms with E-state index in [1.54, 1.807) is 18.2 Å². The molecule has 0 radical (unpaired) electrons. The lowest BCUT2D eigenvalue weighted by atomic mass is 9.56. The molecular formula is C32H35Cl2FN4O4. The topological polar surface area (TPSA) is 86.6 Å². The minimum atomic E-state index is -0.620. The highest BCUT2D eigenvalue weighted by molar-refractivity contribution is 6.42. The lowest BCUT2D eigenvalue weighted by Crippen LogP contribution is -2.54. The van der Waals surface area contributed by atoms with Crippen LogP contribution in [0.15, 0.2) is 42.6 Å². The third kappa shape index (κ3) is 5.13. The zero-order chi connectivity index (χ0) is 30.7. The largest absolute Gasteiger partial charge is 0.465 e. The quantitative estimate of drug-likeness (QED) is 0.271. The van der Waals surface area contributed by atoms with E-state index in [2.05, 4.69) is 10.3 Å². The summed E-state index contributed by atoms with van der Waals surface area (Å²) in [5, 5.41) is 9.61. The van der Waals surface area contributed by atoms with Gasteiger partial charge < -0.3 is 14.4 Å². The fourth-order valence-electron chi connectivity index (χ4n) is 7.36. The molecule has 7 rings (SSSR count). The number of nitrogens with zero attached hydrogens (tertiary/aromatic N) is 4. The molecule has 2 atom stereocenters. The van der Waals surface area contributed by atoms with E-state index in [1.165, 1.54) is 18.2 Å². The highest BCUT2D eigenvalue weighted by Crippen LogP contribution is 2.67. The summed E-state index contributed by atoms with van der Waals surface area (Å²) in [6.07, 6.45) is 4.61. The van der Waals surface area contributed by atoms with E-state index in [9.17, 15) is 14.0 Å². The van der Waals surface area contributed by atoms with Crippen LogP contribution in [0.4, 0.5) is 4.39 Å². The van der Waals surface area contributed by atoms with Crippen molar-refractivity contribution in [2.24, 2.45) is 5.41 Å². The van der Waals surface area contributed by atoms with Crippen LogP contribution in [-0.4, -0.2) is 62.2 Å². The van der Waals surface area contributed by atoms with Gasteiger partial charge in [0.05, 0.1) is 40.1 Å². The molecule has 1 aliphatic carbocycles. The van der Waals surface area contributed by atoms with Crippen molar-refractivity contribution < 1.29 is 23.5 Å². The molecule has 2 aromatic carbocycles. The molecule has 3 saturated heterocycles. The fraction of sp³-hybridized carbons (Fsp3) is 0.500. The van der Waals surface area contributed by atoms with E-state index in [0.717, 1.165) is 12.1 Å². The molecule has 1 amide bonds. The molecule has 2 bridgehead atoms. The number of likely N-dealkylation sites (tertiary alicyclic amines) is 1. The SMILES string of the molecule is CCOC(=O)C12CC(Cn3cc(C4CCN(C(=O)c5ccc(F)cc5-c5ccc(Cl)c(Cl)c5)C(C)C4)nn3)(C1)OC2(C)C. The third-order valence-electron chi connectivity index (χ3n) is 9.54. The number of hydrogen-bond donors (Lipinski definition) is 0. The van der Waals surface area contributed by atoms with Crippen LogP contribution in [0.1, 0.15) is 75.3 Å². The van der Waals surface area contributed by atoms with Gasteiger partial charge in [-0.15, -0.1) is 5.10 Å². The van der Waals surface area contributed by atoms with Gasteiger partial charge in [0.25, 0.3) is 5.91 Å². The van der Waals surface area contributed by atoms with Crippen molar-refractivity contribution in [3.8, 4) is 11.1 Å². The van der Waals surface area contributed by atoms with Crippen LogP contribution < -0.4 is 0 Å². The number of aromatic nitrogens is 3. The van der Waals surface area contributed by atoms with Gasteiger partial charge in [0.2, 0.25) is 0 Å². The first-order valence-electron chi connectivity index (χ1n) is 14.7. The highest BCUT2D eigenvalue weighted by Gasteiger charge is 2.75. The number of fused-ring (bicyclic) bond motifs is 1. The van der Waals surface area contributed by atoms with Crippen LogP contribution in [0, 0.1) is 11.2 Å². The van der Waals surface area contributed by atoms with Crippen LogP contribution in [-0.2, 0) is 20.8 Å². The lowest BCUT2D eigenvalue weighted by Gasteiger charge is -2.44. The number of amides is 1. The van der Waals surface area contributed by atoms with Crippen molar-refractivity contribution in [1.29, 1.82) is 0 Å². The summed E-state index contributed by atoms with van der Waals surface area (Å²) in [4.78, 5) is 28.4. The molecule has 0 N–H and O–H groups in total. The summed E-state index contributed by atoms with van der Waals surface area (Å²) < 4.78 is 27.9. The Kier molecular flexibility index (Phi) is 7.58. The molecule has 228 valence electrons. The maximum Gasteiger partial charge on any atom is 0.315 e. The Morgan fingerprint density at radius 2 is 1.91 bits per heavy atom. The predicted octanol–water partition coefficient (Wildman–Crippen LogP) is 6.69. The standard InChI is InChI=1S/C32H35Cl2FN4O4/c1-5-42-29(41)32-16-31(17-32,43-30(32,3)4)18-38-15-27(36-37-38)21-10-11-39(19(2)12-21)28(40)23-8-7-22(35)14-24(23)20-6-9-25(33)26(34)13-20/h6-9,13-15,19,21H,5,10-12,16-18H2,1-4H3. The van der Waals surface area contributed by atoms with Gasteiger partial charge >= 0.3 is 5.97 Å². The first kappa shape index (κ1) is 30.0. The Hall–Kier alpha value is -3.01. The average Bonchev–Trinajstić information content (AvgIpc) is 3.56.